The number of aromatic hydroxyl groups is 1. The van der Waals surface area contributed by atoms with Gasteiger partial charge in [-0.3, -0.25) is 86.9 Å². The molecule has 0 unspecified atom stereocenters. The van der Waals surface area contributed by atoms with Crippen LogP contribution in [0, 0.1) is 11.3 Å². The first-order valence-corrected chi connectivity index (χ1v) is 47.1. The highest BCUT2D eigenvalue weighted by Gasteiger charge is 2.47. The molecule has 0 aliphatic carbocycles. The second kappa shape index (κ2) is 50.7. The summed E-state index contributed by atoms with van der Waals surface area (Å²) in [6, 6.07) is -2.73. The number of benzene rings is 3. The maximum atomic E-state index is 16.0. The highest BCUT2D eigenvalue weighted by Crippen LogP contribution is 2.32. The van der Waals surface area contributed by atoms with Gasteiger partial charge < -0.3 is 130 Å². The Bertz CT molecular complexity index is 5290. The molecular weight excluding hydrogens is 1800 g/mol. The number of aromatic nitrogens is 4. The van der Waals surface area contributed by atoms with E-state index in [1.54, 1.807) is 81.7 Å². The average molecular weight is 1930 g/mol. The zero-order chi connectivity index (χ0) is 100. The molecule has 23 N–H and O–H groups in total. The number of para-hydroxylation sites is 2. The molecule has 3 aliphatic heterocycles. The number of rotatable bonds is 26. The molecule has 3 aliphatic rings. The molecule has 44 nitrogen and oxygen atoms in total. The third-order valence-corrected chi connectivity index (χ3v) is 25.8. The minimum absolute atomic E-state index is 0.0212. The van der Waals surface area contributed by atoms with E-state index in [9.17, 15) is 63.6 Å². The van der Waals surface area contributed by atoms with Gasteiger partial charge in [0.25, 0.3) is 0 Å². The van der Waals surface area contributed by atoms with Crippen molar-refractivity contribution in [2.75, 3.05) is 65.4 Å². The average Bonchev–Trinajstić information content (AvgIpc) is 1.72. The molecule has 3 fully saturated rings. The number of aromatic amines is 3. The fourth-order valence-electron chi connectivity index (χ4n) is 17.0. The number of carboxylic acid groups (broad SMARTS) is 1. The lowest BCUT2D eigenvalue weighted by Crippen LogP contribution is -2.62. The number of carbonyl (C=O) groups excluding carboxylic acids is 16. The number of aliphatic carboxylic acids is 1. The number of fused-ring (bicyclic) bond motifs is 4. The summed E-state index contributed by atoms with van der Waals surface area (Å²) in [5.74, 6) is -19.9. The van der Waals surface area contributed by atoms with Gasteiger partial charge in [0.2, 0.25) is 94.5 Å². The largest absolute Gasteiger partial charge is 0.508 e. The van der Waals surface area contributed by atoms with Crippen LogP contribution in [0.4, 0.5) is 0 Å². The number of hydrogen-bond acceptors (Lipinski definition) is 23. The number of likely N-dealkylation sites (N-methyl/N-ethyl adjacent to an activating group) is 3. The molecular formula is C92H129N23O21S. The third-order valence-electron chi connectivity index (χ3n) is 24.7. The maximum absolute atomic E-state index is 16.0. The van der Waals surface area contributed by atoms with E-state index in [-0.39, 0.29) is 94.7 Å². The number of nitrogens with zero attached hydrogens (tertiary/aromatic N) is 6. The lowest BCUT2D eigenvalue weighted by atomic mass is 9.91. The van der Waals surface area contributed by atoms with Gasteiger partial charge in [0, 0.05) is 119 Å². The summed E-state index contributed by atoms with van der Waals surface area (Å²) in [5, 5.41) is 81.4. The molecule has 3 aromatic heterocycles. The van der Waals surface area contributed by atoms with Gasteiger partial charge >= 0.3 is 5.97 Å². The summed E-state index contributed by atoms with van der Waals surface area (Å²) in [6.45, 7) is 7.52. The number of aliphatic hydroxyl groups is 2. The van der Waals surface area contributed by atoms with E-state index in [2.05, 4.69) is 78.4 Å². The first-order chi connectivity index (χ1) is 65.2. The lowest BCUT2D eigenvalue weighted by Gasteiger charge is -2.37. The van der Waals surface area contributed by atoms with Crippen molar-refractivity contribution in [3.63, 3.8) is 0 Å². The molecule has 3 saturated heterocycles. The van der Waals surface area contributed by atoms with Gasteiger partial charge in [0.1, 0.15) is 90.3 Å². The Balaban J connectivity index is 1.11. The topological polar surface area (TPSA) is 656 Å². The van der Waals surface area contributed by atoms with Gasteiger partial charge in [0.15, 0.2) is 5.96 Å². The van der Waals surface area contributed by atoms with Crippen molar-refractivity contribution in [2.24, 2.45) is 17.4 Å². The summed E-state index contributed by atoms with van der Waals surface area (Å²) in [4.78, 5) is 270. The Morgan fingerprint density at radius 2 is 1.17 bits per heavy atom. The van der Waals surface area contributed by atoms with Crippen LogP contribution in [-0.2, 0) is 101 Å². The van der Waals surface area contributed by atoms with Crippen molar-refractivity contribution < 1.29 is 102 Å². The Kier molecular flexibility index (Phi) is 39.6. The molecule has 0 bridgehead atoms. The molecule has 744 valence electrons. The van der Waals surface area contributed by atoms with E-state index < -0.39 is 247 Å². The molecule has 0 radical (unpaired) electrons. The van der Waals surface area contributed by atoms with E-state index in [0.717, 1.165) is 36.3 Å². The normalized spacial score (nSPS) is 24.8. The Morgan fingerprint density at radius 1 is 0.584 bits per heavy atom. The van der Waals surface area contributed by atoms with Crippen LogP contribution < -0.4 is 70.0 Å². The first-order valence-electron chi connectivity index (χ1n) is 45.9. The smallest absolute Gasteiger partial charge is 0.305 e. The van der Waals surface area contributed by atoms with E-state index in [1.165, 1.54) is 64.9 Å². The number of imidazole rings is 1. The van der Waals surface area contributed by atoms with Crippen LogP contribution in [0.3, 0.4) is 0 Å². The van der Waals surface area contributed by atoms with E-state index in [0.29, 0.717) is 64.2 Å². The number of primary amides is 1. The number of unbranched alkanes of at least 4 members (excludes halogenated alkanes) is 2. The highest BCUT2D eigenvalue weighted by atomic mass is 32.2. The summed E-state index contributed by atoms with van der Waals surface area (Å²) >= 11 is 0.750. The SMILES string of the molecule is CCCC[C@H]1C(=O)N(C)[C@@H](CCCC)C(=O)N[C@@H](CCCNC(=N)N)C(=O)N[C@H](C(=O)NCC(N)=O)CSCC(=O)N[C@@H](Cc2ccc(O)cc2)C(=O)N(C)[C@@H](C)C(=O)N[C@@H](CC(=O)O)C(=O)N2CCC[C@H]2C(=O)N[C@@H](Cc2c[nH]cn2)C(=O)N[C@@H](CC(C)C)C(=O)N2C[C@H](O)C[C@H]2C(=O)N[C@@H](Cc2c[nH]c3ccccc23)C(=O)N[C@@H](CO)C(=O)N[C@@H]([C@@H](C)c2c[nH]c3ccccc23)C(=O)N1C. The number of carboxylic acids is 1. The minimum Gasteiger partial charge on any atom is -0.508 e. The van der Waals surface area contributed by atoms with Crippen LogP contribution in [0.5, 0.6) is 5.75 Å². The van der Waals surface area contributed by atoms with Crippen LogP contribution in [0.1, 0.15) is 153 Å². The van der Waals surface area contributed by atoms with E-state index in [1.807, 2.05) is 13.8 Å². The number of phenolic OH excluding ortho intramolecular Hbond substituents is 1. The van der Waals surface area contributed by atoms with Crippen molar-refractivity contribution in [3.8, 4) is 5.75 Å². The van der Waals surface area contributed by atoms with Gasteiger partial charge in [-0.2, -0.15) is 0 Å². The predicted molar refractivity (Wildman–Crippen MR) is 503 cm³/mol. The van der Waals surface area contributed by atoms with Crippen molar-refractivity contribution in [3.05, 3.63) is 120 Å². The fraction of sp³-hybridized carbons (Fsp3) is 0.533. The predicted octanol–water partition coefficient (Wildman–Crippen LogP) is -1.77. The highest BCUT2D eigenvalue weighted by molar-refractivity contribution is 8.00. The second-order valence-corrected chi connectivity index (χ2v) is 36.4. The fourth-order valence-corrected chi connectivity index (χ4v) is 17.9. The number of amides is 16. The lowest BCUT2D eigenvalue weighted by molar-refractivity contribution is -0.150. The Hall–Kier alpha value is -13.7. The summed E-state index contributed by atoms with van der Waals surface area (Å²) < 4.78 is 0. The maximum Gasteiger partial charge on any atom is 0.305 e. The number of nitrogens with two attached hydrogens (primary N) is 2. The van der Waals surface area contributed by atoms with Crippen LogP contribution in [0.15, 0.2) is 97.7 Å². The number of guanidine groups is 1. The second-order valence-electron chi connectivity index (χ2n) is 35.3. The Morgan fingerprint density at radius 3 is 1.80 bits per heavy atom. The number of carbonyl (C=O) groups is 17. The number of thioether (sulfide) groups is 1. The quantitative estimate of drug-likeness (QED) is 0.0162. The van der Waals surface area contributed by atoms with Gasteiger partial charge in [-0.05, 0) is 98.7 Å². The van der Waals surface area contributed by atoms with Gasteiger partial charge in [-0.25, -0.2) is 4.98 Å². The first kappa shape index (κ1) is 107. The van der Waals surface area contributed by atoms with Gasteiger partial charge in [-0.15, -0.1) is 11.8 Å². The number of hydrogen-bond donors (Lipinski definition) is 21. The van der Waals surface area contributed by atoms with Crippen molar-refractivity contribution in [1.29, 1.82) is 5.41 Å². The van der Waals surface area contributed by atoms with E-state index >= 15 is 38.4 Å². The van der Waals surface area contributed by atoms with Crippen LogP contribution in [-0.4, -0.2) is 327 Å². The molecule has 0 spiro atoms. The number of aliphatic hydroxyl groups excluding tert-OH is 2. The number of H-pyrrole nitrogens is 3. The van der Waals surface area contributed by atoms with Crippen molar-refractivity contribution >= 4 is 140 Å². The monoisotopic (exact) mass is 1920 g/mol. The zero-order valence-electron chi connectivity index (χ0n) is 78.3. The molecule has 16 atom stereocenters. The molecule has 6 aromatic rings. The standard InChI is InChI=1S/C92H129N23O21S/c1-10-12-25-70-84(129)103-62(24-18-32-97-92(94)95)80(125)109-69(79(124)100-43-74(93)119)46-137-47-75(120)102-66(35-52-28-30-55(117)31-29-52)87(132)111(7)51(6)78(123)106-67(39-76(121)122)88(133)114-33-19-27-71(114)85(130)105-64(37-54-41-96-48-101-54)82(127)107-65(34-49(3)4)89(134)115-44-56(118)38-73(115)86(131)104-63(36-53-40-98-60-22-16-14-20-57(53)60)81(126)108-68(45-116)83(128)110-77(50(5)59-42-99-61-23-17-15-21-58(59)61)91(136)113(9)72(26-13-11-2)90(135)112(70)8/h14-17,20-23,28-31,40-42,48-51,56,62-73,77,98-99,116-118H,10-13,18-19,24-27,32-39,43-47H2,1-9H3,(H2,93,119)(H,96,101)(H,100,124)(H,102,120)(H,103,129)(H,104,131)(H,105,130)(H,106,123)(H,107,127)(H,108,126)(H,109,125)(H,110,128)(H,121,122)(H4,94,95,97)/t50-,51-,56+,62-,63-,64-,65-,66-,67-,68-,69-,70-,71-,72-,73-,77-/m0/s1. The van der Waals surface area contributed by atoms with Crippen LogP contribution in [0.25, 0.3) is 21.8 Å². The summed E-state index contributed by atoms with van der Waals surface area (Å²) in [5.41, 5.74) is 13.9. The number of nitrogens with one attached hydrogen (secondary N) is 15. The van der Waals surface area contributed by atoms with E-state index in [4.69, 9.17) is 16.9 Å². The zero-order valence-corrected chi connectivity index (χ0v) is 79.1. The molecule has 16 amide bonds. The third kappa shape index (κ3) is 29.4. The molecule has 0 saturated carbocycles. The molecule has 9 rings (SSSR count). The molecule has 137 heavy (non-hydrogen) atoms. The minimum atomic E-state index is -1.91. The Labute approximate surface area is 796 Å². The van der Waals surface area contributed by atoms with Gasteiger partial charge in [-0.1, -0.05) is 109 Å². The van der Waals surface area contributed by atoms with Crippen LogP contribution >= 0.6 is 11.8 Å². The van der Waals surface area contributed by atoms with Gasteiger partial charge in [0.05, 0.1) is 43.5 Å². The van der Waals surface area contributed by atoms with Crippen molar-refractivity contribution in [2.45, 2.75) is 241 Å². The van der Waals surface area contributed by atoms with Crippen LogP contribution in [0.2, 0.25) is 0 Å². The molecule has 45 heteroatoms. The summed E-state index contributed by atoms with van der Waals surface area (Å²) in [6.07, 6.45) is 3.52. The molecule has 3 aromatic carbocycles. The number of phenols is 1. The van der Waals surface area contributed by atoms with Crippen molar-refractivity contribution in [1.82, 2.24) is 103 Å². The summed E-state index contributed by atoms with van der Waals surface area (Å²) in [7, 11) is 3.88. The molecule has 6 heterocycles.